The number of urea groups is 2. The molecule has 0 aliphatic carbocycles. The van der Waals surface area contributed by atoms with Crippen molar-refractivity contribution in [3.05, 3.63) is 193 Å². The zero-order valence-corrected chi connectivity index (χ0v) is 54.0. The summed E-state index contributed by atoms with van der Waals surface area (Å²) < 4.78 is 83.0. The summed E-state index contributed by atoms with van der Waals surface area (Å²) in [6.45, 7) is 21.6. The highest BCUT2D eigenvalue weighted by molar-refractivity contribution is 7.93. The zero-order chi connectivity index (χ0) is 64.9. The highest BCUT2D eigenvalue weighted by Gasteiger charge is 2.25. The lowest BCUT2D eigenvalue weighted by atomic mass is 9.92. The summed E-state index contributed by atoms with van der Waals surface area (Å²) in [5, 5.41) is 22.9. The number of amides is 4. The first-order chi connectivity index (χ1) is 44.1. The second-order valence-electron chi connectivity index (χ2n) is 24.0. The molecule has 4 heterocycles. The molecule has 0 bridgehead atoms. The summed E-state index contributed by atoms with van der Waals surface area (Å²) in [6.07, 6.45) is 0. The fourth-order valence-electron chi connectivity index (χ4n) is 9.96. The molecular formula is C68H78N12O10S2. The number of aromatic nitrogens is 4. The maximum absolute atomic E-state index is 13.5. The number of hydrogen-bond acceptors (Lipinski definition) is 14. The number of hydrogen-bond donors (Lipinski definition) is 6. The summed E-state index contributed by atoms with van der Waals surface area (Å²) >= 11 is 0. The Kier molecular flexibility index (Phi) is 20.9. The van der Waals surface area contributed by atoms with Gasteiger partial charge < -0.3 is 29.6 Å². The first-order valence-electron chi connectivity index (χ1n) is 30.3. The Morgan fingerprint density at radius 2 is 0.891 bits per heavy atom. The molecule has 2 aromatic heterocycles. The lowest BCUT2D eigenvalue weighted by Crippen LogP contribution is -2.38. The smallest absolute Gasteiger partial charge is 0.324 e. The van der Waals surface area contributed by atoms with Crippen molar-refractivity contribution in [3.8, 4) is 22.9 Å². The van der Waals surface area contributed by atoms with E-state index in [1.807, 2.05) is 114 Å². The molecule has 0 saturated carbocycles. The van der Waals surface area contributed by atoms with Gasteiger partial charge in [-0.05, 0) is 109 Å². The van der Waals surface area contributed by atoms with E-state index in [0.717, 1.165) is 99.4 Å². The summed E-state index contributed by atoms with van der Waals surface area (Å²) in [5.74, 6) is 2.35. The number of sulfonamides is 2. The minimum absolute atomic E-state index is 0.103. The lowest BCUT2D eigenvalue weighted by Gasteiger charge is -2.26. The van der Waals surface area contributed by atoms with Gasteiger partial charge in [0.1, 0.15) is 36.3 Å². The molecule has 11 rings (SSSR count). The number of carbonyl (C=O) groups excluding carboxylic acids is 2. The van der Waals surface area contributed by atoms with E-state index in [4.69, 9.17) is 29.1 Å². The van der Waals surface area contributed by atoms with Crippen molar-refractivity contribution in [2.45, 2.75) is 62.2 Å². The van der Waals surface area contributed by atoms with E-state index in [-0.39, 0.29) is 20.6 Å². The highest BCUT2D eigenvalue weighted by atomic mass is 32.2. The van der Waals surface area contributed by atoms with Crippen LogP contribution in [0.5, 0.6) is 11.5 Å². The number of carbonyl (C=O) groups is 2. The van der Waals surface area contributed by atoms with Crippen LogP contribution in [0.3, 0.4) is 0 Å². The number of benzene rings is 7. The highest BCUT2D eigenvalue weighted by Crippen LogP contribution is 2.34. The van der Waals surface area contributed by atoms with Crippen molar-refractivity contribution in [1.29, 1.82) is 0 Å². The van der Waals surface area contributed by atoms with Gasteiger partial charge >= 0.3 is 12.1 Å². The SMILES string of the molecule is CC(C)(C)c1cc(NC(=O)Nc2ccc(OCCN3CCOCC3)c3ccccc23)n(-c2ccc(S(=O)(=O)Nc3ccccc3)cc2)n1.CC(C)(C)c1cc(NC(=O)Nc2ccc(OCCN3CCOCC3)cc2)n(-c2ccc(S(=O)(=O)Nc3ccccc3)cc2)n1. The molecule has 0 unspecified atom stereocenters. The van der Waals surface area contributed by atoms with Crippen LogP contribution in [0.25, 0.3) is 22.1 Å². The van der Waals surface area contributed by atoms with E-state index in [1.54, 1.807) is 94.3 Å². The maximum Gasteiger partial charge on any atom is 0.324 e. The van der Waals surface area contributed by atoms with E-state index in [9.17, 15) is 26.4 Å². The number of rotatable bonds is 20. The van der Waals surface area contributed by atoms with Gasteiger partial charge in [-0.2, -0.15) is 10.2 Å². The van der Waals surface area contributed by atoms with Gasteiger partial charge in [0.2, 0.25) is 0 Å². The molecule has 6 N–H and O–H groups in total. The molecule has 482 valence electrons. The van der Waals surface area contributed by atoms with Crippen LogP contribution in [0.1, 0.15) is 52.9 Å². The third kappa shape index (κ3) is 17.6. The molecule has 2 fully saturated rings. The van der Waals surface area contributed by atoms with Crippen molar-refractivity contribution >= 4 is 77.3 Å². The summed E-state index contributed by atoms with van der Waals surface area (Å²) in [4.78, 5) is 31.3. The minimum atomic E-state index is -3.80. The average molecular weight is 1290 g/mol. The third-order valence-electron chi connectivity index (χ3n) is 15.1. The van der Waals surface area contributed by atoms with Crippen molar-refractivity contribution in [3.63, 3.8) is 0 Å². The van der Waals surface area contributed by atoms with Gasteiger partial charge in [-0.25, -0.2) is 35.8 Å². The largest absolute Gasteiger partial charge is 0.492 e. The van der Waals surface area contributed by atoms with Crippen molar-refractivity contribution in [2.24, 2.45) is 0 Å². The normalized spacial score (nSPS) is 14.1. The Morgan fingerprint density at radius 1 is 0.467 bits per heavy atom. The van der Waals surface area contributed by atoms with E-state index in [2.05, 4.69) is 40.5 Å². The standard InChI is InChI=1S/C36H40N6O5S.C32H38N6O5S/c1-36(2,3)33-25-34(42(39-33)27-13-15-28(16-14-27)48(44,45)40-26-9-5-4-6-10-26)38-35(43)37-31-17-18-32(30-12-8-7-11-29(30)31)47-24-21-41-19-22-46-23-20-41;1-32(2,3)29-23-30(34-31(39)33-24-9-13-27(14-10-24)43-22-19-37-17-20-42-21-18-37)38(35-29)26-11-15-28(16-12-26)44(40,41)36-25-7-5-4-6-8-25/h4-18,25,40H,19-24H2,1-3H3,(H2,37,38,43);4-16,23,36H,17-22H2,1-3H3,(H2,33,34,39). The van der Waals surface area contributed by atoms with E-state index < -0.39 is 32.1 Å². The molecule has 0 atom stereocenters. The minimum Gasteiger partial charge on any atom is -0.492 e. The number of ether oxygens (including phenoxy) is 4. The number of nitrogens with zero attached hydrogens (tertiary/aromatic N) is 6. The topological polar surface area (TPSA) is 254 Å². The predicted octanol–water partition coefficient (Wildman–Crippen LogP) is 11.8. The van der Waals surface area contributed by atoms with Crippen LogP contribution in [0.15, 0.2) is 192 Å². The Hall–Kier alpha value is -9.30. The fourth-order valence-corrected chi connectivity index (χ4v) is 12.1. The summed E-state index contributed by atoms with van der Waals surface area (Å²) in [5.41, 5.74) is 4.26. The molecule has 9 aromatic rings. The van der Waals surface area contributed by atoms with Crippen molar-refractivity contribution in [2.75, 3.05) is 110 Å². The summed E-state index contributed by atoms with van der Waals surface area (Å²) in [7, 11) is -7.58. The van der Waals surface area contributed by atoms with Crippen LogP contribution in [0.4, 0.5) is 44.0 Å². The zero-order valence-electron chi connectivity index (χ0n) is 52.4. The number of para-hydroxylation sites is 2. The van der Waals surface area contributed by atoms with Gasteiger partial charge in [0.05, 0.1) is 64.7 Å². The van der Waals surface area contributed by atoms with E-state index in [1.165, 1.54) is 24.3 Å². The first-order valence-corrected chi connectivity index (χ1v) is 33.3. The van der Waals surface area contributed by atoms with Crippen LogP contribution >= 0.6 is 0 Å². The molecule has 2 aliphatic heterocycles. The number of anilines is 6. The molecule has 22 nitrogen and oxygen atoms in total. The monoisotopic (exact) mass is 1290 g/mol. The van der Waals surface area contributed by atoms with Crippen LogP contribution < -0.4 is 40.2 Å². The molecule has 2 aliphatic rings. The summed E-state index contributed by atoms with van der Waals surface area (Å²) in [6, 6.07) is 51.5. The fraction of sp³-hybridized carbons (Fsp3) is 0.294. The molecular weight excluding hydrogens is 1210 g/mol. The van der Waals surface area contributed by atoms with Gasteiger partial charge in [0.15, 0.2) is 0 Å². The number of fused-ring (bicyclic) bond motifs is 1. The Balaban J connectivity index is 0.000000202. The molecule has 7 aromatic carbocycles. The first kappa shape index (κ1) is 65.6. The molecule has 2 saturated heterocycles. The predicted molar refractivity (Wildman–Crippen MR) is 360 cm³/mol. The number of morpholine rings is 2. The van der Waals surface area contributed by atoms with E-state index >= 15 is 0 Å². The van der Waals surface area contributed by atoms with Crippen LogP contribution in [0.2, 0.25) is 0 Å². The lowest BCUT2D eigenvalue weighted by molar-refractivity contribution is 0.0322. The van der Waals surface area contributed by atoms with Crippen LogP contribution in [-0.4, -0.2) is 137 Å². The molecule has 0 radical (unpaired) electrons. The number of nitrogens with one attached hydrogen (secondary N) is 6. The third-order valence-corrected chi connectivity index (χ3v) is 17.9. The van der Waals surface area contributed by atoms with Gasteiger partial charge in [0.25, 0.3) is 20.0 Å². The quantitative estimate of drug-likeness (QED) is 0.0415. The molecule has 92 heavy (non-hydrogen) atoms. The van der Waals surface area contributed by atoms with Crippen molar-refractivity contribution in [1.82, 2.24) is 29.4 Å². The van der Waals surface area contributed by atoms with E-state index in [0.29, 0.717) is 59.0 Å². The van der Waals surface area contributed by atoms with Crippen molar-refractivity contribution < 1.29 is 45.4 Å². The molecule has 0 spiro atoms. The second-order valence-corrected chi connectivity index (χ2v) is 27.4. The van der Waals surface area contributed by atoms with Crippen LogP contribution in [0, 0.1) is 0 Å². The van der Waals surface area contributed by atoms with Crippen LogP contribution in [-0.2, 0) is 40.4 Å². The average Bonchev–Trinajstić information content (AvgIpc) is 1.66. The Labute approximate surface area is 537 Å². The van der Waals surface area contributed by atoms with Gasteiger partial charge in [-0.15, -0.1) is 0 Å². The van der Waals surface area contributed by atoms with Gasteiger partial charge in [-0.1, -0.05) is 102 Å². The molecule has 24 heteroatoms. The second kappa shape index (κ2) is 29.3. The molecule has 4 amide bonds. The van der Waals surface area contributed by atoms with Gasteiger partial charge in [0, 0.05) is 90.1 Å². The Bertz CT molecular complexity index is 4170. The Morgan fingerprint density at radius 3 is 1.35 bits per heavy atom. The van der Waals surface area contributed by atoms with Gasteiger partial charge in [-0.3, -0.25) is 29.9 Å². The maximum atomic E-state index is 13.5.